The zero-order valence-electron chi connectivity index (χ0n) is 11.4. The van der Waals surface area contributed by atoms with Crippen molar-refractivity contribution in [3.05, 3.63) is 23.9 Å². The Balaban J connectivity index is 1.71. The van der Waals surface area contributed by atoms with Crippen molar-refractivity contribution in [3.8, 4) is 5.88 Å². The van der Waals surface area contributed by atoms with Crippen molar-refractivity contribution in [2.45, 2.75) is 31.6 Å². The molecule has 1 aromatic heterocycles. The fraction of sp³-hybridized carbons (Fsp3) is 0.538. The smallest absolute Gasteiger partial charge is 0.391 e. The van der Waals surface area contributed by atoms with Gasteiger partial charge in [0.15, 0.2) is 0 Å². The Kier molecular flexibility index (Phi) is 4.54. The molecule has 0 saturated heterocycles. The lowest BCUT2D eigenvalue weighted by Crippen LogP contribution is -2.51. The number of urea groups is 1. The Labute approximate surface area is 119 Å². The lowest BCUT2D eigenvalue weighted by Gasteiger charge is -2.36. The van der Waals surface area contributed by atoms with Crippen molar-refractivity contribution >= 4 is 6.03 Å². The quantitative estimate of drug-likeness (QED) is 0.896. The predicted octanol–water partition coefficient (Wildman–Crippen LogP) is 2.23. The van der Waals surface area contributed by atoms with Crippen molar-refractivity contribution in [2.75, 3.05) is 7.11 Å². The van der Waals surface area contributed by atoms with Crippen LogP contribution in [0.3, 0.4) is 0 Å². The van der Waals surface area contributed by atoms with Crippen LogP contribution in [0.4, 0.5) is 18.0 Å². The number of hydrogen-bond donors (Lipinski definition) is 2. The van der Waals surface area contributed by atoms with Crippen molar-refractivity contribution < 1.29 is 22.7 Å². The number of aromatic nitrogens is 1. The Morgan fingerprint density at radius 1 is 1.48 bits per heavy atom. The molecule has 116 valence electrons. The van der Waals surface area contributed by atoms with Gasteiger partial charge in [0, 0.05) is 24.8 Å². The first-order valence-corrected chi connectivity index (χ1v) is 6.48. The van der Waals surface area contributed by atoms with E-state index >= 15 is 0 Å². The number of halogens is 3. The summed E-state index contributed by atoms with van der Waals surface area (Å²) in [5.41, 5.74) is 0.791. The van der Waals surface area contributed by atoms with Gasteiger partial charge in [0.1, 0.15) is 0 Å². The van der Waals surface area contributed by atoms with E-state index in [1.165, 1.54) is 7.11 Å². The normalized spacial score (nSPS) is 21.3. The number of nitrogens with zero attached hydrogens (tertiary/aromatic N) is 1. The van der Waals surface area contributed by atoms with Crippen molar-refractivity contribution in [1.29, 1.82) is 0 Å². The standard InChI is InChI=1S/C13H16F3N3O2/c1-21-11-4-8(2-3-17-11)7-18-12(20)19-10-5-9(6-10)13(14,15)16/h2-4,9-10H,5-7H2,1H3,(H2,18,19,20)/t9-,10-. The molecule has 0 bridgehead atoms. The van der Waals surface area contributed by atoms with Crippen LogP contribution in [0.5, 0.6) is 5.88 Å². The first-order valence-electron chi connectivity index (χ1n) is 6.48. The molecule has 8 heteroatoms. The number of amides is 2. The van der Waals surface area contributed by atoms with Crippen molar-refractivity contribution in [3.63, 3.8) is 0 Å². The van der Waals surface area contributed by atoms with Crippen LogP contribution in [-0.2, 0) is 6.54 Å². The van der Waals surface area contributed by atoms with Crippen LogP contribution in [0.15, 0.2) is 18.3 Å². The number of alkyl halides is 3. The van der Waals surface area contributed by atoms with E-state index in [0.717, 1.165) is 5.56 Å². The summed E-state index contributed by atoms with van der Waals surface area (Å²) in [5, 5.41) is 5.11. The number of methoxy groups -OCH3 is 1. The van der Waals surface area contributed by atoms with E-state index in [2.05, 4.69) is 15.6 Å². The minimum atomic E-state index is -4.16. The van der Waals surface area contributed by atoms with E-state index < -0.39 is 24.2 Å². The van der Waals surface area contributed by atoms with Gasteiger partial charge in [0.2, 0.25) is 5.88 Å². The Morgan fingerprint density at radius 2 is 2.19 bits per heavy atom. The molecule has 2 N–H and O–H groups in total. The summed E-state index contributed by atoms with van der Waals surface area (Å²) in [6.45, 7) is 0.250. The number of pyridine rings is 1. The van der Waals surface area contributed by atoms with E-state index in [0.29, 0.717) is 5.88 Å². The molecule has 5 nitrogen and oxygen atoms in total. The van der Waals surface area contributed by atoms with Crippen molar-refractivity contribution in [2.24, 2.45) is 5.92 Å². The van der Waals surface area contributed by atoms with E-state index in [1.54, 1.807) is 18.3 Å². The molecular weight excluding hydrogens is 287 g/mol. The number of nitrogens with one attached hydrogen (secondary N) is 2. The third-order valence-electron chi connectivity index (χ3n) is 3.40. The van der Waals surface area contributed by atoms with Gasteiger partial charge in [-0.3, -0.25) is 0 Å². The number of ether oxygens (including phenoxy) is 1. The van der Waals surface area contributed by atoms with Crippen LogP contribution >= 0.6 is 0 Å². The van der Waals surface area contributed by atoms with Crippen LogP contribution in [-0.4, -0.2) is 30.3 Å². The highest BCUT2D eigenvalue weighted by molar-refractivity contribution is 5.74. The maximum Gasteiger partial charge on any atom is 0.391 e. The highest BCUT2D eigenvalue weighted by Crippen LogP contribution is 2.40. The van der Waals surface area contributed by atoms with E-state index in [9.17, 15) is 18.0 Å². The van der Waals surface area contributed by atoms with E-state index in [1.807, 2.05) is 0 Å². The third-order valence-corrected chi connectivity index (χ3v) is 3.40. The molecule has 1 aromatic rings. The maximum atomic E-state index is 12.3. The average molecular weight is 303 g/mol. The van der Waals surface area contributed by atoms with Crippen LogP contribution in [0.2, 0.25) is 0 Å². The fourth-order valence-electron chi connectivity index (χ4n) is 2.09. The summed E-state index contributed by atoms with van der Waals surface area (Å²) in [6.07, 6.45) is -2.73. The van der Waals surface area contributed by atoms with Crippen molar-refractivity contribution in [1.82, 2.24) is 15.6 Å². The zero-order valence-corrected chi connectivity index (χ0v) is 11.4. The minimum absolute atomic E-state index is 0.0556. The van der Waals surface area contributed by atoms with E-state index in [-0.39, 0.29) is 19.4 Å². The Hall–Kier alpha value is -1.99. The molecule has 1 aliphatic carbocycles. The van der Waals surface area contributed by atoms with Gasteiger partial charge in [-0.2, -0.15) is 13.2 Å². The van der Waals surface area contributed by atoms with E-state index in [4.69, 9.17) is 4.74 Å². The Morgan fingerprint density at radius 3 is 2.81 bits per heavy atom. The molecule has 2 rings (SSSR count). The van der Waals surface area contributed by atoms with Gasteiger partial charge in [0.05, 0.1) is 13.0 Å². The molecule has 0 radical (unpaired) electrons. The molecule has 1 fully saturated rings. The zero-order chi connectivity index (χ0) is 15.5. The van der Waals surface area contributed by atoms with Crippen LogP contribution in [0.1, 0.15) is 18.4 Å². The van der Waals surface area contributed by atoms with Gasteiger partial charge in [-0.15, -0.1) is 0 Å². The number of rotatable bonds is 4. The summed E-state index contributed by atoms with van der Waals surface area (Å²) in [5.74, 6) is -0.867. The average Bonchev–Trinajstić information content (AvgIpc) is 2.39. The summed E-state index contributed by atoms with van der Waals surface area (Å²) < 4.78 is 41.9. The van der Waals surface area contributed by atoms with Crippen LogP contribution in [0.25, 0.3) is 0 Å². The van der Waals surface area contributed by atoms with Gasteiger partial charge in [-0.1, -0.05) is 0 Å². The summed E-state index contributed by atoms with van der Waals surface area (Å²) >= 11 is 0. The molecule has 0 unspecified atom stereocenters. The van der Waals surface area contributed by atoms with Crippen LogP contribution < -0.4 is 15.4 Å². The number of carbonyl (C=O) groups excluding carboxylic acids is 1. The maximum absolute atomic E-state index is 12.3. The topological polar surface area (TPSA) is 63.2 Å². The summed E-state index contributed by atoms with van der Waals surface area (Å²) in [6, 6.07) is 2.50. The molecule has 0 aromatic carbocycles. The lowest BCUT2D eigenvalue weighted by molar-refractivity contribution is -0.198. The molecule has 0 spiro atoms. The Bertz CT molecular complexity index is 502. The lowest BCUT2D eigenvalue weighted by atomic mass is 9.80. The first-order chi connectivity index (χ1) is 9.88. The molecule has 0 atom stereocenters. The predicted molar refractivity (Wildman–Crippen MR) is 68.7 cm³/mol. The SMILES string of the molecule is COc1cc(CNC(=O)N[C@H]2C[C@H](C(F)(F)F)C2)ccn1. The fourth-order valence-corrected chi connectivity index (χ4v) is 2.09. The number of hydrogen-bond acceptors (Lipinski definition) is 3. The van der Waals surface area contributed by atoms with Gasteiger partial charge >= 0.3 is 12.2 Å². The molecule has 2 amide bonds. The monoisotopic (exact) mass is 303 g/mol. The third kappa shape index (κ3) is 4.24. The molecular formula is C13H16F3N3O2. The minimum Gasteiger partial charge on any atom is -0.481 e. The second-order valence-electron chi connectivity index (χ2n) is 4.94. The molecule has 21 heavy (non-hydrogen) atoms. The van der Waals surface area contributed by atoms with Gasteiger partial charge in [0.25, 0.3) is 0 Å². The molecule has 1 heterocycles. The second kappa shape index (κ2) is 6.19. The molecule has 0 aliphatic heterocycles. The van der Waals surface area contributed by atoms with Crippen LogP contribution in [0, 0.1) is 5.92 Å². The second-order valence-corrected chi connectivity index (χ2v) is 4.94. The highest BCUT2D eigenvalue weighted by atomic mass is 19.4. The summed E-state index contributed by atoms with van der Waals surface area (Å²) in [4.78, 5) is 15.5. The molecule has 1 aliphatic rings. The molecule has 1 saturated carbocycles. The van der Waals surface area contributed by atoms with Gasteiger partial charge < -0.3 is 15.4 Å². The highest BCUT2D eigenvalue weighted by Gasteiger charge is 2.48. The first kappa shape index (κ1) is 15.4. The summed E-state index contributed by atoms with van der Waals surface area (Å²) in [7, 11) is 1.49. The van der Waals surface area contributed by atoms with Gasteiger partial charge in [-0.05, 0) is 24.5 Å². The number of carbonyl (C=O) groups is 1. The largest absolute Gasteiger partial charge is 0.481 e. The van der Waals surface area contributed by atoms with Gasteiger partial charge in [-0.25, -0.2) is 9.78 Å².